The molecule has 4 aromatic rings. The Kier molecular flexibility index (Phi) is 5.87. The number of nitrogens with zero attached hydrogens (tertiary/aromatic N) is 3. The number of para-hydroxylation sites is 1. The fraction of sp³-hybridized carbons (Fsp3) is 0.280. The summed E-state index contributed by atoms with van der Waals surface area (Å²) in [5, 5.41) is 9.66. The number of aromatic amines is 1. The molecule has 1 unspecified atom stereocenters. The van der Waals surface area contributed by atoms with E-state index in [2.05, 4.69) is 50.4 Å². The Morgan fingerprint density at radius 2 is 2.03 bits per heavy atom. The van der Waals surface area contributed by atoms with Crippen LogP contribution in [0.2, 0.25) is 5.02 Å². The van der Waals surface area contributed by atoms with Crippen molar-refractivity contribution in [3.05, 3.63) is 88.8 Å². The molecule has 3 heterocycles. The fourth-order valence-corrected chi connectivity index (χ4v) is 4.50. The van der Waals surface area contributed by atoms with Crippen molar-refractivity contribution < 1.29 is 4.74 Å². The number of aromatic nitrogens is 3. The number of benzene rings is 2. The minimum Gasteiger partial charge on any atom is -0.492 e. The molecule has 2 aromatic carbocycles. The number of H-pyrrole nitrogens is 1. The van der Waals surface area contributed by atoms with Gasteiger partial charge in [0.05, 0.1) is 22.8 Å². The van der Waals surface area contributed by atoms with Crippen LogP contribution in [0.25, 0.3) is 10.9 Å². The molecular weight excluding hydrogens is 408 g/mol. The van der Waals surface area contributed by atoms with Crippen molar-refractivity contribution >= 4 is 22.5 Å². The molecule has 1 aliphatic heterocycles. The van der Waals surface area contributed by atoms with Crippen LogP contribution in [0.5, 0.6) is 5.75 Å². The van der Waals surface area contributed by atoms with E-state index in [1.165, 1.54) is 10.9 Å². The molecule has 31 heavy (non-hydrogen) atoms. The number of pyridine rings is 1. The van der Waals surface area contributed by atoms with Gasteiger partial charge in [0.1, 0.15) is 5.75 Å². The van der Waals surface area contributed by atoms with E-state index in [0.717, 1.165) is 55.1 Å². The molecule has 0 aliphatic carbocycles. The molecule has 1 aliphatic rings. The monoisotopic (exact) mass is 432 g/mol. The molecule has 1 atom stereocenters. The molecule has 5 nitrogen and oxygen atoms in total. The lowest BCUT2D eigenvalue weighted by Crippen LogP contribution is -2.20. The van der Waals surface area contributed by atoms with Crippen LogP contribution in [0.3, 0.4) is 0 Å². The third-order valence-electron chi connectivity index (χ3n) is 5.94. The zero-order chi connectivity index (χ0) is 21.0. The van der Waals surface area contributed by atoms with Crippen molar-refractivity contribution in [2.24, 2.45) is 0 Å². The Balaban J connectivity index is 1.17. The lowest BCUT2D eigenvalue weighted by Gasteiger charge is -2.17. The number of fused-ring (bicyclic) bond motifs is 1. The number of likely N-dealkylation sites (tertiary alicyclic amines) is 1. The zero-order valence-corrected chi connectivity index (χ0v) is 18.1. The van der Waals surface area contributed by atoms with Crippen LogP contribution in [0.15, 0.2) is 66.9 Å². The summed E-state index contributed by atoms with van der Waals surface area (Å²) in [4.78, 5) is 7.00. The molecule has 1 fully saturated rings. The van der Waals surface area contributed by atoms with E-state index in [1.807, 2.05) is 36.5 Å². The van der Waals surface area contributed by atoms with Crippen LogP contribution >= 0.6 is 11.6 Å². The molecule has 0 amide bonds. The predicted octanol–water partition coefficient (Wildman–Crippen LogP) is 5.22. The SMILES string of the molecule is Clc1ccccc1OCCc1cc(C2CCN(Cc3cccc4ncccc34)C2)n[nH]1. The molecule has 0 spiro atoms. The maximum atomic E-state index is 6.15. The second-order valence-electron chi connectivity index (χ2n) is 8.05. The lowest BCUT2D eigenvalue weighted by atomic mass is 10.0. The number of rotatable bonds is 7. The molecule has 2 aromatic heterocycles. The molecule has 6 heteroatoms. The van der Waals surface area contributed by atoms with E-state index in [4.69, 9.17) is 16.3 Å². The summed E-state index contributed by atoms with van der Waals surface area (Å²) < 4.78 is 5.80. The predicted molar refractivity (Wildman–Crippen MR) is 124 cm³/mol. The first-order valence-electron chi connectivity index (χ1n) is 10.7. The maximum Gasteiger partial charge on any atom is 0.137 e. The van der Waals surface area contributed by atoms with Crippen LogP contribution in [-0.4, -0.2) is 39.8 Å². The van der Waals surface area contributed by atoms with Gasteiger partial charge >= 0.3 is 0 Å². The number of hydrogen-bond acceptors (Lipinski definition) is 4. The molecule has 1 N–H and O–H groups in total. The standard InChI is InChI=1S/C25H25ClN4O/c26-22-7-1-2-9-25(22)31-14-11-20-15-24(29-28-20)19-10-13-30(17-19)16-18-5-3-8-23-21(18)6-4-12-27-23/h1-9,12,15,19H,10-11,13-14,16-17H2,(H,28,29). The van der Waals surface area contributed by atoms with Gasteiger partial charge in [0.2, 0.25) is 0 Å². The van der Waals surface area contributed by atoms with Crippen molar-refractivity contribution in [3.63, 3.8) is 0 Å². The van der Waals surface area contributed by atoms with E-state index in [0.29, 0.717) is 17.5 Å². The van der Waals surface area contributed by atoms with E-state index < -0.39 is 0 Å². The first-order valence-corrected chi connectivity index (χ1v) is 11.1. The average molecular weight is 433 g/mol. The highest BCUT2D eigenvalue weighted by molar-refractivity contribution is 6.32. The summed E-state index contributed by atoms with van der Waals surface area (Å²) in [6.45, 7) is 3.62. The van der Waals surface area contributed by atoms with E-state index in [1.54, 1.807) is 0 Å². The molecule has 0 radical (unpaired) electrons. The van der Waals surface area contributed by atoms with Gasteiger partial charge in [-0.2, -0.15) is 5.10 Å². The first-order chi connectivity index (χ1) is 15.3. The molecular formula is C25H25ClN4O. The largest absolute Gasteiger partial charge is 0.492 e. The Morgan fingerprint density at radius 3 is 2.97 bits per heavy atom. The van der Waals surface area contributed by atoms with Gasteiger partial charge in [-0.15, -0.1) is 0 Å². The van der Waals surface area contributed by atoms with E-state index >= 15 is 0 Å². The Hall–Kier alpha value is -2.89. The summed E-state index contributed by atoms with van der Waals surface area (Å²) in [5.41, 5.74) is 4.65. The van der Waals surface area contributed by atoms with E-state index in [-0.39, 0.29) is 0 Å². The summed E-state index contributed by atoms with van der Waals surface area (Å²) in [5.74, 6) is 1.18. The highest BCUT2D eigenvalue weighted by Crippen LogP contribution is 2.29. The highest BCUT2D eigenvalue weighted by Gasteiger charge is 2.26. The topological polar surface area (TPSA) is 54.0 Å². The lowest BCUT2D eigenvalue weighted by molar-refractivity contribution is 0.320. The smallest absolute Gasteiger partial charge is 0.137 e. The number of nitrogens with one attached hydrogen (secondary N) is 1. The van der Waals surface area contributed by atoms with Gasteiger partial charge in [0.15, 0.2) is 0 Å². The number of hydrogen-bond donors (Lipinski definition) is 1. The van der Waals surface area contributed by atoms with Crippen LogP contribution in [0.1, 0.15) is 29.3 Å². The van der Waals surface area contributed by atoms with Crippen molar-refractivity contribution in [2.45, 2.75) is 25.3 Å². The van der Waals surface area contributed by atoms with Gasteiger partial charge in [-0.05, 0) is 48.9 Å². The maximum absolute atomic E-state index is 6.15. The van der Waals surface area contributed by atoms with Crippen LogP contribution < -0.4 is 4.74 Å². The average Bonchev–Trinajstić information content (AvgIpc) is 3.45. The van der Waals surface area contributed by atoms with E-state index in [9.17, 15) is 0 Å². The summed E-state index contributed by atoms with van der Waals surface area (Å²) in [7, 11) is 0. The van der Waals surface area contributed by atoms with Gasteiger partial charge in [-0.25, -0.2) is 0 Å². The molecule has 1 saturated heterocycles. The van der Waals surface area contributed by atoms with Gasteiger partial charge in [-0.1, -0.05) is 41.9 Å². The summed E-state index contributed by atoms with van der Waals surface area (Å²) in [6.07, 6.45) is 3.76. The third kappa shape index (κ3) is 4.58. The Bertz CT molecular complexity index is 1170. The second kappa shape index (κ2) is 9.08. The highest BCUT2D eigenvalue weighted by atomic mass is 35.5. The molecule has 158 valence electrons. The summed E-state index contributed by atoms with van der Waals surface area (Å²) in [6, 6.07) is 20.3. The molecule has 0 saturated carbocycles. The zero-order valence-electron chi connectivity index (χ0n) is 17.3. The number of ether oxygens (including phenoxy) is 1. The van der Waals surface area contributed by atoms with Crippen molar-refractivity contribution in [1.82, 2.24) is 20.1 Å². The molecule has 5 rings (SSSR count). The van der Waals surface area contributed by atoms with Gasteiger partial charge in [0.25, 0.3) is 0 Å². The van der Waals surface area contributed by atoms with Crippen molar-refractivity contribution in [2.75, 3.05) is 19.7 Å². The Morgan fingerprint density at radius 1 is 1.10 bits per heavy atom. The van der Waals surface area contributed by atoms with Crippen LogP contribution in [0.4, 0.5) is 0 Å². The van der Waals surface area contributed by atoms with Crippen LogP contribution in [-0.2, 0) is 13.0 Å². The second-order valence-corrected chi connectivity index (χ2v) is 8.46. The third-order valence-corrected chi connectivity index (χ3v) is 6.25. The Labute approximate surface area is 187 Å². The normalized spacial score (nSPS) is 16.7. The van der Waals surface area contributed by atoms with Gasteiger partial charge in [0, 0.05) is 42.7 Å². The van der Waals surface area contributed by atoms with Crippen LogP contribution in [0, 0.1) is 0 Å². The first kappa shape index (κ1) is 20.0. The van der Waals surface area contributed by atoms with Gasteiger partial charge in [-0.3, -0.25) is 15.0 Å². The minimum absolute atomic E-state index is 0.461. The van der Waals surface area contributed by atoms with Gasteiger partial charge < -0.3 is 4.74 Å². The minimum atomic E-state index is 0.461. The molecule has 0 bridgehead atoms. The van der Waals surface area contributed by atoms with Crippen molar-refractivity contribution in [1.29, 1.82) is 0 Å². The van der Waals surface area contributed by atoms with Crippen molar-refractivity contribution in [3.8, 4) is 5.75 Å². The summed E-state index contributed by atoms with van der Waals surface area (Å²) >= 11 is 6.15. The number of halogens is 1. The fourth-order valence-electron chi connectivity index (χ4n) is 4.31. The quantitative estimate of drug-likeness (QED) is 0.435.